The van der Waals surface area contributed by atoms with Crippen molar-refractivity contribution >= 4 is 39.9 Å². The number of aromatic nitrogens is 2. The largest absolute Gasteiger partial charge is 0.397 e. The van der Waals surface area contributed by atoms with Gasteiger partial charge in [0.15, 0.2) is 0 Å². The van der Waals surface area contributed by atoms with Gasteiger partial charge in [0.2, 0.25) is 0 Å². The lowest BCUT2D eigenvalue weighted by Crippen LogP contribution is -1.90. The number of fused-ring (bicyclic) bond motifs is 1. The summed E-state index contributed by atoms with van der Waals surface area (Å²) >= 11 is 11.8. The van der Waals surface area contributed by atoms with Gasteiger partial charge in [-0.1, -0.05) is 35.3 Å². The molecule has 19 heavy (non-hydrogen) atoms. The minimum absolute atomic E-state index is 0.584. The molecule has 0 unspecified atom stereocenters. The molecule has 1 aromatic heterocycles. The quantitative estimate of drug-likeness (QED) is 0.700. The number of nitrogens with zero attached hydrogens (tertiary/aromatic N) is 1. The first-order valence-corrected chi connectivity index (χ1v) is 6.55. The van der Waals surface area contributed by atoms with Crippen LogP contribution >= 0.6 is 23.2 Å². The molecule has 0 saturated heterocycles. The van der Waals surface area contributed by atoms with E-state index >= 15 is 0 Å². The van der Waals surface area contributed by atoms with E-state index in [1.807, 2.05) is 30.3 Å². The minimum Gasteiger partial charge on any atom is -0.397 e. The highest BCUT2D eigenvalue weighted by molar-refractivity contribution is 6.31. The second kappa shape index (κ2) is 4.76. The molecule has 0 saturated carbocycles. The molecule has 0 radical (unpaired) electrons. The van der Waals surface area contributed by atoms with Crippen molar-refractivity contribution in [3.63, 3.8) is 0 Å². The van der Waals surface area contributed by atoms with E-state index in [1.165, 1.54) is 0 Å². The first-order valence-electron chi connectivity index (χ1n) is 5.80. The smallest absolute Gasteiger partial charge is 0.112 e. The topological polar surface area (TPSA) is 54.7 Å². The molecule has 0 bridgehead atoms. The fraction of sp³-hybridized carbons (Fsp3) is 0.0714. The number of nitrogens with two attached hydrogens (primary N) is 1. The van der Waals surface area contributed by atoms with Gasteiger partial charge < -0.3 is 10.7 Å². The molecule has 0 fully saturated rings. The number of nitrogen functional groups attached to an aromatic ring is 1. The Labute approximate surface area is 120 Å². The molecule has 0 atom stereocenters. The molecule has 3 rings (SSSR count). The van der Waals surface area contributed by atoms with Crippen molar-refractivity contribution in [3.8, 4) is 0 Å². The average Bonchev–Trinajstić information content (AvgIpc) is 2.75. The predicted molar refractivity (Wildman–Crippen MR) is 79.8 cm³/mol. The number of imidazole rings is 1. The van der Waals surface area contributed by atoms with Gasteiger partial charge in [-0.05, 0) is 29.8 Å². The number of halogens is 2. The molecule has 96 valence electrons. The Morgan fingerprint density at radius 3 is 2.53 bits per heavy atom. The maximum atomic E-state index is 5.97. The molecule has 3 aromatic rings. The van der Waals surface area contributed by atoms with Crippen molar-refractivity contribution < 1.29 is 0 Å². The molecular formula is C14H11Cl2N3. The Bertz CT molecular complexity index is 732. The third kappa shape index (κ3) is 2.53. The third-order valence-electron chi connectivity index (χ3n) is 2.91. The summed E-state index contributed by atoms with van der Waals surface area (Å²) in [6.45, 7) is 0. The highest BCUT2D eigenvalue weighted by atomic mass is 35.5. The fourth-order valence-electron chi connectivity index (χ4n) is 2.04. The molecule has 5 heteroatoms. The van der Waals surface area contributed by atoms with Crippen LogP contribution in [0.25, 0.3) is 11.0 Å². The number of aromatic amines is 1. The summed E-state index contributed by atoms with van der Waals surface area (Å²) in [7, 11) is 0. The molecule has 1 heterocycles. The number of hydrogen-bond donors (Lipinski definition) is 2. The first-order chi connectivity index (χ1) is 9.11. The molecule has 3 N–H and O–H groups in total. The van der Waals surface area contributed by atoms with Crippen molar-refractivity contribution in [3.05, 3.63) is 57.8 Å². The lowest BCUT2D eigenvalue weighted by atomic mass is 10.1. The van der Waals surface area contributed by atoms with Crippen LogP contribution < -0.4 is 5.73 Å². The summed E-state index contributed by atoms with van der Waals surface area (Å²) in [6, 6.07) is 11.2. The summed E-state index contributed by atoms with van der Waals surface area (Å²) in [6.07, 6.45) is 0.697. The van der Waals surface area contributed by atoms with Crippen LogP contribution in [0.2, 0.25) is 10.0 Å². The number of rotatable bonds is 2. The number of benzene rings is 2. The monoisotopic (exact) mass is 291 g/mol. The van der Waals surface area contributed by atoms with Crippen molar-refractivity contribution in [2.75, 3.05) is 5.73 Å². The van der Waals surface area contributed by atoms with Crippen molar-refractivity contribution in [1.82, 2.24) is 9.97 Å². The third-order valence-corrected chi connectivity index (χ3v) is 3.38. The van der Waals surface area contributed by atoms with Crippen LogP contribution in [0.4, 0.5) is 5.69 Å². The first kappa shape index (κ1) is 12.3. The zero-order valence-corrected chi connectivity index (χ0v) is 11.5. The molecule has 0 spiro atoms. The van der Waals surface area contributed by atoms with E-state index in [-0.39, 0.29) is 0 Å². The Morgan fingerprint density at radius 2 is 1.79 bits per heavy atom. The van der Waals surface area contributed by atoms with E-state index in [0.717, 1.165) is 27.4 Å². The molecule has 0 aliphatic rings. The van der Waals surface area contributed by atoms with Gasteiger partial charge in [-0.2, -0.15) is 0 Å². The van der Waals surface area contributed by atoms with E-state index in [4.69, 9.17) is 28.9 Å². The highest BCUT2D eigenvalue weighted by Gasteiger charge is 2.07. The van der Waals surface area contributed by atoms with Gasteiger partial charge in [-0.3, -0.25) is 0 Å². The summed E-state index contributed by atoms with van der Waals surface area (Å²) in [5.41, 5.74) is 9.23. The number of H-pyrrole nitrogens is 1. The minimum atomic E-state index is 0.584. The normalized spacial score (nSPS) is 11.1. The van der Waals surface area contributed by atoms with Crippen LogP contribution in [0.15, 0.2) is 36.4 Å². The Morgan fingerprint density at radius 1 is 1.05 bits per heavy atom. The van der Waals surface area contributed by atoms with Gasteiger partial charge >= 0.3 is 0 Å². The van der Waals surface area contributed by atoms with Gasteiger partial charge in [0.05, 0.1) is 11.2 Å². The SMILES string of the molecule is Nc1cc(Cl)cc2[nH]c(Cc3ccc(Cl)cc3)nc12. The van der Waals surface area contributed by atoms with Crippen LogP contribution in [0.3, 0.4) is 0 Å². The zero-order valence-electron chi connectivity index (χ0n) is 9.95. The summed E-state index contributed by atoms with van der Waals surface area (Å²) in [5, 5.41) is 1.33. The van der Waals surface area contributed by atoms with Crippen LogP contribution in [0.1, 0.15) is 11.4 Å². The summed E-state index contributed by atoms with van der Waals surface area (Å²) in [5.74, 6) is 0.853. The molecule has 0 aliphatic carbocycles. The lowest BCUT2D eigenvalue weighted by Gasteiger charge is -1.97. The van der Waals surface area contributed by atoms with Crippen molar-refractivity contribution in [2.45, 2.75) is 6.42 Å². The maximum Gasteiger partial charge on any atom is 0.112 e. The zero-order chi connectivity index (χ0) is 13.4. The molecule has 0 aliphatic heterocycles. The highest BCUT2D eigenvalue weighted by Crippen LogP contribution is 2.24. The van der Waals surface area contributed by atoms with Crippen LogP contribution in [-0.2, 0) is 6.42 Å². The van der Waals surface area contributed by atoms with E-state index in [9.17, 15) is 0 Å². The van der Waals surface area contributed by atoms with Gasteiger partial charge in [-0.25, -0.2) is 4.98 Å². The summed E-state index contributed by atoms with van der Waals surface area (Å²) < 4.78 is 0. The predicted octanol–water partition coefficient (Wildman–Crippen LogP) is 4.04. The van der Waals surface area contributed by atoms with E-state index in [2.05, 4.69) is 9.97 Å². The molecule has 2 aromatic carbocycles. The van der Waals surface area contributed by atoms with E-state index in [1.54, 1.807) is 6.07 Å². The van der Waals surface area contributed by atoms with E-state index in [0.29, 0.717) is 17.1 Å². The molecule has 0 amide bonds. The Kier molecular flexibility index (Phi) is 3.09. The molecular weight excluding hydrogens is 281 g/mol. The second-order valence-electron chi connectivity index (χ2n) is 4.38. The maximum absolute atomic E-state index is 5.97. The fourth-order valence-corrected chi connectivity index (χ4v) is 2.39. The Hall–Kier alpha value is -1.71. The number of anilines is 1. The van der Waals surface area contributed by atoms with Gasteiger partial charge in [-0.15, -0.1) is 0 Å². The second-order valence-corrected chi connectivity index (χ2v) is 5.25. The van der Waals surface area contributed by atoms with Gasteiger partial charge in [0, 0.05) is 16.5 Å². The number of nitrogens with one attached hydrogen (secondary N) is 1. The van der Waals surface area contributed by atoms with Crippen LogP contribution in [-0.4, -0.2) is 9.97 Å². The van der Waals surface area contributed by atoms with Gasteiger partial charge in [0.25, 0.3) is 0 Å². The van der Waals surface area contributed by atoms with Gasteiger partial charge in [0.1, 0.15) is 11.3 Å². The Balaban J connectivity index is 1.97. The summed E-state index contributed by atoms with van der Waals surface area (Å²) in [4.78, 5) is 7.73. The van der Waals surface area contributed by atoms with Crippen LogP contribution in [0.5, 0.6) is 0 Å². The standard InChI is InChI=1S/C14H11Cl2N3/c15-9-3-1-8(2-4-9)5-13-18-12-7-10(16)6-11(17)14(12)19-13/h1-4,6-7H,5,17H2,(H,18,19). The van der Waals surface area contributed by atoms with Crippen molar-refractivity contribution in [1.29, 1.82) is 0 Å². The average molecular weight is 292 g/mol. The molecule has 3 nitrogen and oxygen atoms in total. The van der Waals surface area contributed by atoms with E-state index < -0.39 is 0 Å². The van der Waals surface area contributed by atoms with Crippen molar-refractivity contribution in [2.24, 2.45) is 0 Å². The lowest BCUT2D eigenvalue weighted by molar-refractivity contribution is 1.04. The van der Waals surface area contributed by atoms with Crippen LogP contribution in [0, 0.1) is 0 Å². The number of hydrogen-bond acceptors (Lipinski definition) is 2.